The number of rotatable bonds is 5. The predicted octanol–water partition coefficient (Wildman–Crippen LogP) is 2.59. The maximum Gasteiger partial charge on any atom is 0.262 e. The molecule has 0 bridgehead atoms. The second-order valence-corrected chi connectivity index (χ2v) is 6.64. The van der Waals surface area contributed by atoms with Crippen molar-refractivity contribution in [3.63, 3.8) is 0 Å². The number of nitrogens with zero attached hydrogens (tertiary/aromatic N) is 2. The summed E-state index contributed by atoms with van der Waals surface area (Å²) in [6.07, 6.45) is 0. The Morgan fingerprint density at radius 2 is 2.00 bits per heavy atom. The monoisotopic (exact) mass is 319 g/mol. The van der Waals surface area contributed by atoms with E-state index in [-0.39, 0.29) is 22.8 Å². The lowest BCUT2D eigenvalue weighted by molar-refractivity contribution is -0.120. The topological polar surface area (TPSA) is 64.0 Å². The van der Waals surface area contributed by atoms with Crippen LogP contribution in [-0.4, -0.2) is 27.3 Å². The van der Waals surface area contributed by atoms with Gasteiger partial charge < -0.3 is 5.32 Å². The zero-order chi connectivity index (χ0) is 16.3. The van der Waals surface area contributed by atoms with Crippen molar-refractivity contribution in [3.8, 4) is 0 Å². The lowest BCUT2D eigenvalue weighted by Gasteiger charge is -2.18. The summed E-state index contributed by atoms with van der Waals surface area (Å²) in [5.74, 6) is -0.0507. The van der Waals surface area contributed by atoms with Crippen molar-refractivity contribution in [3.05, 3.63) is 34.6 Å². The molecular formula is C16H21N3O2S. The Hall–Kier alpha value is -1.82. The number of nitrogens with one attached hydrogen (secondary N) is 1. The largest absolute Gasteiger partial charge is 0.355 e. The van der Waals surface area contributed by atoms with Gasteiger partial charge in [0.25, 0.3) is 5.56 Å². The summed E-state index contributed by atoms with van der Waals surface area (Å²) in [6, 6.07) is 7.28. The molecule has 0 radical (unpaired) electrons. The standard InChI is InChI=1S/C16H21N3O2S/c1-5-17-14(20)11(4)22-16-18-13-9-7-6-8-12(13)15(21)19(16)10(2)3/h6-11H,5H2,1-4H3,(H,17,20)/t11-/m1/s1. The number of amides is 1. The fourth-order valence-corrected chi connectivity index (χ4v) is 3.26. The number of benzene rings is 1. The van der Waals surface area contributed by atoms with Gasteiger partial charge in [0.1, 0.15) is 0 Å². The molecule has 118 valence electrons. The van der Waals surface area contributed by atoms with Gasteiger partial charge in [0, 0.05) is 12.6 Å². The van der Waals surface area contributed by atoms with E-state index >= 15 is 0 Å². The van der Waals surface area contributed by atoms with Crippen LogP contribution in [0.15, 0.2) is 34.2 Å². The van der Waals surface area contributed by atoms with Crippen molar-refractivity contribution >= 4 is 28.6 Å². The highest BCUT2D eigenvalue weighted by Gasteiger charge is 2.19. The Morgan fingerprint density at radius 1 is 1.32 bits per heavy atom. The van der Waals surface area contributed by atoms with Crippen LogP contribution in [0.2, 0.25) is 0 Å². The molecule has 1 heterocycles. The number of aromatic nitrogens is 2. The summed E-state index contributed by atoms with van der Waals surface area (Å²) >= 11 is 1.32. The zero-order valence-corrected chi connectivity index (χ0v) is 14.1. The quantitative estimate of drug-likeness (QED) is 0.679. The Balaban J connectivity index is 2.50. The summed E-state index contributed by atoms with van der Waals surface area (Å²) in [6.45, 7) is 8.18. The number of carbonyl (C=O) groups excluding carboxylic acids is 1. The predicted molar refractivity (Wildman–Crippen MR) is 90.4 cm³/mol. The minimum absolute atomic E-state index is 0.0199. The molecule has 0 fully saturated rings. The maximum absolute atomic E-state index is 12.7. The van der Waals surface area contributed by atoms with E-state index in [0.717, 1.165) is 0 Å². The third-order valence-electron chi connectivity index (χ3n) is 3.29. The van der Waals surface area contributed by atoms with E-state index in [1.807, 2.05) is 45.9 Å². The summed E-state index contributed by atoms with van der Waals surface area (Å²) in [7, 11) is 0. The number of para-hydroxylation sites is 1. The van der Waals surface area contributed by atoms with Gasteiger partial charge >= 0.3 is 0 Å². The number of hydrogen-bond acceptors (Lipinski definition) is 4. The first-order valence-corrected chi connectivity index (χ1v) is 8.29. The van der Waals surface area contributed by atoms with E-state index in [1.54, 1.807) is 10.6 Å². The molecule has 1 aromatic carbocycles. The maximum atomic E-state index is 12.7. The van der Waals surface area contributed by atoms with Gasteiger partial charge in [-0.05, 0) is 39.8 Å². The number of hydrogen-bond donors (Lipinski definition) is 1. The number of thioether (sulfide) groups is 1. The zero-order valence-electron chi connectivity index (χ0n) is 13.3. The Bertz CT molecular complexity index is 740. The SMILES string of the molecule is CCNC(=O)[C@@H](C)Sc1nc2ccccc2c(=O)n1C(C)C. The lowest BCUT2D eigenvalue weighted by Crippen LogP contribution is -2.32. The van der Waals surface area contributed by atoms with Crippen LogP contribution in [0.5, 0.6) is 0 Å². The molecular weight excluding hydrogens is 298 g/mol. The fraction of sp³-hybridized carbons (Fsp3) is 0.438. The van der Waals surface area contributed by atoms with E-state index in [0.29, 0.717) is 22.6 Å². The van der Waals surface area contributed by atoms with Crippen molar-refractivity contribution < 1.29 is 4.79 Å². The Labute approximate surface area is 134 Å². The molecule has 0 aliphatic rings. The molecule has 0 spiro atoms. The van der Waals surface area contributed by atoms with Gasteiger partial charge in [-0.15, -0.1) is 0 Å². The first kappa shape index (κ1) is 16.5. The smallest absolute Gasteiger partial charge is 0.262 e. The molecule has 1 amide bonds. The molecule has 22 heavy (non-hydrogen) atoms. The van der Waals surface area contributed by atoms with Gasteiger partial charge in [0.2, 0.25) is 5.91 Å². The molecule has 0 saturated carbocycles. The molecule has 1 aromatic heterocycles. The summed E-state index contributed by atoms with van der Waals surface area (Å²) in [5, 5.41) is 3.67. The van der Waals surface area contributed by atoms with Crippen LogP contribution < -0.4 is 10.9 Å². The lowest BCUT2D eigenvalue weighted by atomic mass is 10.2. The van der Waals surface area contributed by atoms with E-state index in [4.69, 9.17) is 0 Å². The van der Waals surface area contributed by atoms with Crippen LogP contribution in [0.3, 0.4) is 0 Å². The molecule has 2 rings (SSSR count). The summed E-state index contributed by atoms with van der Waals surface area (Å²) in [5.41, 5.74) is 0.598. The van der Waals surface area contributed by atoms with Crippen molar-refractivity contribution in [2.45, 2.75) is 44.1 Å². The fourth-order valence-electron chi connectivity index (χ4n) is 2.19. The molecule has 5 nitrogen and oxygen atoms in total. The highest BCUT2D eigenvalue weighted by molar-refractivity contribution is 8.00. The highest BCUT2D eigenvalue weighted by atomic mass is 32.2. The normalized spacial score (nSPS) is 12.6. The molecule has 0 unspecified atom stereocenters. The Kier molecular flexibility index (Phi) is 5.24. The van der Waals surface area contributed by atoms with Crippen LogP contribution in [0.25, 0.3) is 10.9 Å². The molecule has 0 aliphatic carbocycles. The van der Waals surface area contributed by atoms with Crippen LogP contribution in [0, 0.1) is 0 Å². The average molecular weight is 319 g/mol. The third kappa shape index (κ3) is 3.32. The highest BCUT2D eigenvalue weighted by Crippen LogP contribution is 2.24. The van der Waals surface area contributed by atoms with Gasteiger partial charge in [-0.2, -0.15) is 0 Å². The van der Waals surface area contributed by atoms with E-state index in [2.05, 4.69) is 10.3 Å². The summed E-state index contributed by atoms with van der Waals surface area (Å²) < 4.78 is 1.66. The molecule has 6 heteroatoms. The summed E-state index contributed by atoms with van der Waals surface area (Å²) in [4.78, 5) is 29.2. The van der Waals surface area contributed by atoms with Crippen LogP contribution in [0.1, 0.15) is 33.7 Å². The van der Waals surface area contributed by atoms with Gasteiger partial charge in [-0.1, -0.05) is 23.9 Å². The first-order valence-electron chi connectivity index (χ1n) is 7.41. The molecule has 0 saturated heterocycles. The number of carbonyl (C=O) groups is 1. The van der Waals surface area contributed by atoms with Crippen LogP contribution in [-0.2, 0) is 4.79 Å². The van der Waals surface area contributed by atoms with Crippen molar-refractivity contribution in [1.29, 1.82) is 0 Å². The molecule has 0 aliphatic heterocycles. The van der Waals surface area contributed by atoms with E-state index < -0.39 is 0 Å². The first-order chi connectivity index (χ1) is 10.5. The molecule has 2 aromatic rings. The van der Waals surface area contributed by atoms with E-state index in [9.17, 15) is 9.59 Å². The van der Waals surface area contributed by atoms with Crippen molar-refractivity contribution in [2.75, 3.05) is 6.54 Å². The second-order valence-electron chi connectivity index (χ2n) is 5.34. The number of fused-ring (bicyclic) bond motifs is 1. The van der Waals surface area contributed by atoms with Crippen LogP contribution in [0.4, 0.5) is 0 Å². The minimum Gasteiger partial charge on any atom is -0.355 e. The third-order valence-corrected chi connectivity index (χ3v) is 4.36. The minimum atomic E-state index is -0.307. The van der Waals surface area contributed by atoms with Gasteiger partial charge in [0.05, 0.1) is 16.2 Å². The second kappa shape index (κ2) is 6.96. The van der Waals surface area contributed by atoms with Gasteiger partial charge in [0.15, 0.2) is 5.16 Å². The molecule has 1 atom stereocenters. The Morgan fingerprint density at radius 3 is 2.64 bits per heavy atom. The van der Waals surface area contributed by atoms with Gasteiger partial charge in [-0.25, -0.2) is 4.98 Å². The van der Waals surface area contributed by atoms with Crippen molar-refractivity contribution in [1.82, 2.24) is 14.9 Å². The van der Waals surface area contributed by atoms with Crippen LogP contribution >= 0.6 is 11.8 Å². The van der Waals surface area contributed by atoms with E-state index in [1.165, 1.54) is 11.8 Å². The molecule has 1 N–H and O–H groups in total. The average Bonchev–Trinajstić information content (AvgIpc) is 2.47. The van der Waals surface area contributed by atoms with Crippen molar-refractivity contribution in [2.24, 2.45) is 0 Å². The van der Waals surface area contributed by atoms with Gasteiger partial charge in [-0.3, -0.25) is 14.2 Å².